The van der Waals surface area contributed by atoms with Gasteiger partial charge >= 0.3 is 5.97 Å². The lowest BCUT2D eigenvalue weighted by atomic mass is 10.2. The first-order valence-corrected chi connectivity index (χ1v) is 8.79. The van der Waals surface area contributed by atoms with Gasteiger partial charge in [-0.15, -0.1) is 5.10 Å². The molecule has 2 aromatic carbocycles. The maximum absolute atomic E-state index is 12.4. The Morgan fingerprint density at radius 3 is 2.36 bits per heavy atom. The smallest absolute Gasteiger partial charge is 0.339 e. The molecule has 2 heterocycles. The zero-order valence-electron chi connectivity index (χ0n) is 15.5. The summed E-state index contributed by atoms with van der Waals surface area (Å²) in [7, 11) is 0. The van der Waals surface area contributed by atoms with Gasteiger partial charge in [-0.3, -0.25) is 4.79 Å². The number of aryl methyl sites for hydroxylation is 2. The predicted octanol–water partition coefficient (Wildman–Crippen LogP) is 3.01. The van der Waals surface area contributed by atoms with Gasteiger partial charge < -0.3 is 9.30 Å². The van der Waals surface area contributed by atoms with E-state index in [1.165, 1.54) is 0 Å². The minimum absolute atomic E-state index is 0.299. The summed E-state index contributed by atoms with van der Waals surface area (Å²) in [5.74, 6) is -0.533. The summed E-state index contributed by atoms with van der Waals surface area (Å²) in [6.07, 6.45) is 0. The molecule has 0 N–H and O–H groups in total. The largest absolute Gasteiger partial charge is 0.439 e. The lowest BCUT2D eigenvalue weighted by molar-refractivity contribution is 0.0336. The number of carbonyl (C=O) groups is 1. The van der Waals surface area contributed by atoms with Gasteiger partial charge in [0, 0.05) is 17.1 Å². The van der Waals surface area contributed by atoms with Crippen molar-refractivity contribution in [3.8, 4) is 5.69 Å². The molecule has 28 heavy (non-hydrogen) atoms. The third kappa shape index (κ3) is 3.18. The molecule has 2 aromatic heterocycles. The van der Waals surface area contributed by atoms with Crippen molar-refractivity contribution in [1.29, 1.82) is 0 Å². The lowest BCUT2D eigenvalue weighted by Gasteiger charge is -2.10. The van der Waals surface area contributed by atoms with Crippen LogP contribution in [0, 0.1) is 13.8 Å². The fourth-order valence-electron chi connectivity index (χ4n) is 3.13. The Bertz CT molecular complexity index is 1200. The van der Waals surface area contributed by atoms with E-state index in [2.05, 4.69) is 14.9 Å². The van der Waals surface area contributed by atoms with E-state index in [0.29, 0.717) is 16.5 Å². The van der Waals surface area contributed by atoms with Crippen LogP contribution in [0.4, 0.5) is 0 Å². The normalized spacial score (nSPS) is 10.9. The highest BCUT2D eigenvalue weighted by molar-refractivity contribution is 5.89. The Morgan fingerprint density at radius 1 is 0.964 bits per heavy atom. The Hall–Kier alpha value is -3.74. The Kier molecular flexibility index (Phi) is 4.49. The van der Waals surface area contributed by atoms with Gasteiger partial charge in [-0.05, 0) is 62.4 Å². The van der Waals surface area contributed by atoms with Gasteiger partial charge in [0.15, 0.2) is 6.73 Å². The van der Waals surface area contributed by atoms with Crippen LogP contribution in [0.5, 0.6) is 0 Å². The van der Waals surface area contributed by atoms with Crippen LogP contribution >= 0.6 is 0 Å². The summed E-state index contributed by atoms with van der Waals surface area (Å²) < 4.78 is 8.36. The summed E-state index contributed by atoms with van der Waals surface area (Å²) in [6, 6.07) is 18.1. The van der Waals surface area contributed by atoms with Crippen LogP contribution < -0.4 is 5.56 Å². The van der Waals surface area contributed by atoms with Crippen molar-refractivity contribution in [2.75, 3.05) is 0 Å². The number of hydrogen-bond acceptors (Lipinski definition) is 5. The molecule has 0 saturated carbocycles. The Balaban J connectivity index is 1.50. The first-order chi connectivity index (χ1) is 13.5. The molecule has 4 aromatic rings. The van der Waals surface area contributed by atoms with Crippen molar-refractivity contribution < 1.29 is 9.53 Å². The van der Waals surface area contributed by atoms with Crippen molar-refractivity contribution in [1.82, 2.24) is 19.6 Å². The number of nitrogens with zero attached hydrogens (tertiary/aromatic N) is 4. The molecule has 0 aliphatic carbocycles. The van der Waals surface area contributed by atoms with Gasteiger partial charge in [0.2, 0.25) is 0 Å². The highest BCUT2D eigenvalue weighted by Crippen LogP contribution is 2.17. The van der Waals surface area contributed by atoms with Gasteiger partial charge in [-0.25, -0.2) is 4.79 Å². The molecule has 0 saturated heterocycles. The van der Waals surface area contributed by atoms with Crippen LogP contribution in [-0.2, 0) is 11.5 Å². The maximum atomic E-state index is 12.4. The standard InChI is InChI=1S/C21H18N4O3/c1-14-7-8-15(2)25(14)17-11-9-16(10-12-17)21(27)28-13-24-20(26)18-5-3-4-6-19(18)22-23-24/h3-12H,13H2,1-2H3. The summed E-state index contributed by atoms with van der Waals surface area (Å²) in [6.45, 7) is 3.75. The second kappa shape index (κ2) is 7.11. The molecule has 0 radical (unpaired) electrons. The van der Waals surface area contributed by atoms with E-state index >= 15 is 0 Å². The number of aromatic nitrogens is 4. The van der Waals surface area contributed by atoms with Crippen LogP contribution in [0.25, 0.3) is 16.6 Å². The fraction of sp³-hybridized carbons (Fsp3) is 0.143. The lowest BCUT2D eigenvalue weighted by Crippen LogP contribution is -2.26. The minimum atomic E-state index is -0.533. The van der Waals surface area contributed by atoms with E-state index in [0.717, 1.165) is 21.8 Å². The third-order valence-electron chi connectivity index (χ3n) is 4.58. The van der Waals surface area contributed by atoms with E-state index in [1.54, 1.807) is 36.4 Å². The second-order valence-electron chi connectivity index (χ2n) is 6.47. The third-order valence-corrected chi connectivity index (χ3v) is 4.58. The molecule has 140 valence electrons. The average molecular weight is 374 g/mol. The van der Waals surface area contributed by atoms with Crippen molar-refractivity contribution in [2.24, 2.45) is 0 Å². The molecule has 0 unspecified atom stereocenters. The van der Waals surface area contributed by atoms with Gasteiger partial charge in [-0.2, -0.15) is 4.68 Å². The number of benzene rings is 2. The fourth-order valence-corrected chi connectivity index (χ4v) is 3.13. The quantitative estimate of drug-likeness (QED) is 0.513. The Morgan fingerprint density at radius 2 is 1.64 bits per heavy atom. The Labute approximate surface area is 160 Å². The molecule has 0 bridgehead atoms. The topological polar surface area (TPSA) is 79.0 Å². The maximum Gasteiger partial charge on any atom is 0.339 e. The van der Waals surface area contributed by atoms with E-state index in [-0.39, 0.29) is 12.3 Å². The SMILES string of the molecule is Cc1ccc(C)n1-c1ccc(C(=O)OCn2nnc3ccccc3c2=O)cc1. The van der Waals surface area contributed by atoms with Crippen LogP contribution in [0.1, 0.15) is 21.7 Å². The molecule has 0 aliphatic rings. The molecule has 4 rings (SSSR count). The molecular formula is C21H18N4O3. The van der Waals surface area contributed by atoms with Gasteiger partial charge in [0.1, 0.15) is 5.52 Å². The molecule has 0 spiro atoms. The van der Waals surface area contributed by atoms with E-state index < -0.39 is 5.97 Å². The molecule has 0 fully saturated rings. The monoisotopic (exact) mass is 374 g/mol. The van der Waals surface area contributed by atoms with Gasteiger partial charge in [0.25, 0.3) is 5.56 Å². The zero-order chi connectivity index (χ0) is 19.7. The van der Waals surface area contributed by atoms with E-state index in [4.69, 9.17) is 4.74 Å². The highest BCUT2D eigenvalue weighted by Gasteiger charge is 2.11. The molecule has 0 amide bonds. The minimum Gasteiger partial charge on any atom is -0.439 e. The summed E-state index contributed by atoms with van der Waals surface area (Å²) in [4.78, 5) is 24.7. The first-order valence-electron chi connectivity index (χ1n) is 8.79. The summed E-state index contributed by atoms with van der Waals surface area (Å²) in [5.41, 5.74) is 3.74. The molecular weight excluding hydrogens is 356 g/mol. The zero-order valence-corrected chi connectivity index (χ0v) is 15.5. The number of hydrogen-bond donors (Lipinski definition) is 0. The number of carbonyl (C=O) groups excluding carboxylic acids is 1. The summed E-state index contributed by atoms with van der Waals surface area (Å²) in [5, 5.41) is 8.21. The van der Waals surface area contributed by atoms with Crippen LogP contribution in [0.15, 0.2) is 65.5 Å². The van der Waals surface area contributed by atoms with E-state index in [9.17, 15) is 9.59 Å². The van der Waals surface area contributed by atoms with Gasteiger partial charge in [0.05, 0.1) is 10.9 Å². The number of rotatable bonds is 4. The van der Waals surface area contributed by atoms with Crippen molar-refractivity contribution in [2.45, 2.75) is 20.6 Å². The molecule has 7 nitrogen and oxygen atoms in total. The molecule has 7 heteroatoms. The second-order valence-corrected chi connectivity index (χ2v) is 6.47. The predicted molar refractivity (Wildman–Crippen MR) is 104 cm³/mol. The molecule has 0 aliphatic heterocycles. The van der Waals surface area contributed by atoms with Crippen LogP contribution in [0.2, 0.25) is 0 Å². The number of esters is 1. The average Bonchev–Trinajstić information content (AvgIpc) is 3.06. The van der Waals surface area contributed by atoms with Gasteiger partial charge in [-0.1, -0.05) is 17.3 Å². The number of ether oxygens (including phenoxy) is 1. The first kappa shape index (κ1) is 17.7. The number of fused-ring (bicyclic) bond motifs is 1. The van der Waals surface area contributed by atoms with Crippen molar-refractivity contribution >= 4 is 16.9 Å². The van der Waals surface area contributed by atoms with Crippen molar-refractivity contribution in [3.63, 3.8) is 0 Å². The highest BCUT2D eigenvalue weighted by atomic mass is 16.5. The van der Waals surface area contributed by atoms with Crippen LogP contribution in [0.3, 0.4) is 0 Å². The van der Waals surface area contributed by atoms with Crippen LogP contribution in [-0.4, -0.2) is 25.5 Å². The van der Waals surface area contributed by atoms with Crippen molar-refractivity contribution in [3.05, 3.63) is 88.0 Å². The van der Waals surface area contributed by atoms with E-state index in [1.807, 2.05) is 38.1 Å². The molecule has 0 atom stereocenters. The summed E-state index contributed by atoms with van der Waals surface area (Å²) >= 11 is 0.